The highest BCUT2D eigenvalue weighted by Crippen LogP contribution is 2.24. The van der Waals surface area contributed by atoms with Gasteiger partial charge < -0.3 is 9.72 Å². The van der Waals surface area contributed by atoms with Crippen molar-refractivity contribution < 1.29 is 4.74 Å². The number of para-hydroxylation sites is 1. The van der Waals surface area contributed by atoms with E-state index in [0.29, 0.717) is 17.0 Å². The van der Waals surface area contributed by atoms with Crippen LogP contribution in [0.3, 0.4) is 0 Å². The average Bonchev–Trinajstić information content (AvgIpc) is 2.27. The summed E-state index contributed by atoms with van der Waals surface area (Å²) in [7, 11) is 0. The molecule has 0 saturated heterocycles. The summed E-state index contributed by atoms with van der Waals surface area (Å²) in [5.74, 6) is 1.01. The summed E-state index contributed by atoms with van der Waals surface area (Å²) in [6.45, 7) is 3.76. The molecule has 1 aliphatic rings. The number of hydrogen-bond acceptors (Lipinski definition) is 3. The van der Waals surface area contributed by atoms with Gasteiger partial charge in [0.2, 0.25) is 5.88 Å². The van der Waals surface area contributed by atoms with Crippen molar-refractivity contribution in [3.05, 3.63) is 50.9 Å². The summed E-state index contributed by atoms with van der Waals surface area (Å²) >= 11 is 0. The Morgan fingerprint density at radius 3 is 3.00 bits per heavy atom. The van der Waals surface area contributed by atoms with Gasteiger partial charge in [-0.15, -0.1) is 0 Å². The van der Waals surface area contributed by atoms with Crippen molar-refractivity contribution in [3.63, 3.8) is 0 Å². The molecule has 1 aromatic heterocycles. The number of fused-ring (bicyclic) bond motifs is 2. The van der Waals surface area contributed by atoms with Gasteiger partial charge in [0.05, 0.1) is 5.22 Å². The minimum atomic E-state index is -0.448. The van der Waals surface area contributed by atoms with Gasteiger partial charge in [0.1, 0.15) is 5.75 Å². The number of rotatable bonds is 0. The van der Waals surface area contributed by atoms with Crippen molar-refractivity contribution in [2.24, 2.45) is 0 Å². The first-order valence-electron chi connectivity index (χ1n) is 4.82. The van der Waals surface area contributed by atoms with E-state index in [0.717, 1.165) is 10.8 Å². The number of aromatic nitrogens is 2. The number of benzene rings is 1. The minimum Gasteiger partial charge on any atom is -0.438 e. The van der Waals surface area contributed by atoms with Crippen molar-refractivity contribution in [3.8, 4) is 11.6 Å². The highest BCUT2D eigenvalue weighted by molar-refractivity contribution is 5.61. The summed E-state index contributed by atoms with van der Waals surface area (Å²) in [6.07, 6.45) is 1.90. The van der Waals surface area contributed by atoms with Crippen molar-refractivity contribution in [2.45, 2.75) is 0 Å². The molecule has 78 valence electrons. The lowest BCUT2D eigenvalue weighted by molar-refractivity contribution is 0.448. The van der Waals surface area contributed by atoms with E-state index in [1.807, 2.05) is 30.3 Å². The fourth-order valence-electron chi connectivity index (χ4n) is 1.68. The molecule has 1 N–H and O–H groups in total. The molecule has 2 heterocycles. The van der Waals surface area contributed by atoms with Crippen LogP contribution in [0.15, 0.2) is 29.1 Å². The number of nitrogens with zero attached hydrogens (tertiary/aromatic N) is 1. The highest BCUT2D eigenvalue weighted by Gasteiger charge is 2.12. The van der Waals surface area contributed by atoms with Crippen LogP contribution in [0.25, 0.3) is 12.7 Å². The molecule has 0 unspecified atom stereocenters. The molecule has 0 atom stereocenters. The molecule has 16 heavy (non-hydrogen) atoms. The summed E-state index contributed by atoms with van der Waals surface area (Å²) in [5.41, 5.74) is 0.505. The van der Waals surface area contributed by atoms with E-state index in [9.17, 15) is 4.79 Å². The maximum absolute atomic E-state index is 11.2. The van der Waals surface area contributed by atoms with Crippen molar-refractivity contribution in [1.29, 1.82) is 0 Å². The van der Waals surface area contributed by atoms with Crippen molar-refractivity contribution in [1.82, 2.24) is 9.97 Å². The molecule has 1 aliphatic heterocycles. The molecule has 3 rings (SSSR count). The predicted octanol–water partition coefficient (Wildman–Crippen LogP) is 0.115. The maximum atomic E-state index is 11.2. The molecular weight excluding hydrogens is 204 g/mol. The second-order valence-electron chi connectivity index (χ2n) is 3.52. The second-order valence-corrected chi connectivity index (χ2v) is 3.52. The molecule has 0 fully saturated rings. The molecule has 0 saturated carbocycles. The maximum Gasteiger partial charge on any atom is 0.348 e. The summed E-state index contributed by atoms with van der Waals surface area (Å²) in [6, 6.07) is 7.56. The van der Waals surface area contributed by atoms with Gasteiger partial charge in [-0.2, -0.15) is 4.98 Å². The van der Waals surface area contributed by atoms with Gasteiger partial charge in [-0.25, -0.2) is 4.79 Å². The zero-order valence-corrected chi connectivity index (χ0v) is 8.36. The molecule has 4 nitrogen and oxygen atoms in total. The number of aromatic amines is 1. The first-order valence-corrected chi connectivity index (χ1v) is 4.82. The molecule has 4 heteroatoms. The normalized spacial score (nSPS) is 12.0. The SMILES string of the molecule is C=c1[nH]c(=O)nc2c1=Cc1ccccc1O2. The minimum absolute atomic E-state index is 0.312. The van der Waals surface area contributed by atoms with E-state index in [1.54, 1.807) is 0 Å². The van der Waals surface area contributed by atoms with Gasteiger partial charge in [-0.1, -0.05) is 24.8 Å². The zero-order valence-electron chi connectivity index (χ0n) is 8.36. The third-order valence-electron chi connectivity index (χ3n) is 2.44. The number of nitrogens with one attached hydrogen (secondary N) is 1. The van der Waals surface area contributed by atoms with E-state index in [2.05, 4.69) is 16.5 Å². The number of ether oxygens (including phenoxy) is 1. The van der Waals surface area contributed by atoms with Crippen LogP contribution in [0.1, 0.15) is 5.56 Å². The van der Waals surface area contributed by atoms with Gasteiger partial charge in [0.25, 0.3) is 0 Å². The third-order valence-corrected chi connectivity index (χ3v) is 2.44. The zero-order chi connectivity index (χ0) is 11.1. The molecule has 1 aromatic carbocycles. The van der Waals surface area contributed by atoms with E-state index < -0.39 is 5.69 Å². The fourth-order valence-corrected chi connectivity index (χ4v) is 1.68. The fraction of sp³-hybridized carbons (Fsp3) is 0. The van der Waals surface area contributed by atoms with E-state index >= 15 is 0 Å². The van der Waals surface area contributed by atoms with E-state index in [4.69, 9.17) is 4.74 Å². The van der Waals surface area contributed by atoms with E-state index in [1.165, 1.54) is 0 Å². The number of hydrogen-bond donors (Lipinski definition) is 1. The number of H-pyrrole nitrogens is 1. The monoisotopic (exact) mass is 212 g/mol. The largest absolute Gasteiger partial charge is 0.438 e. The van der Waals surface area contributed by atoms with Crippen LogP contribution < -0.4 is 21.0 Å². The Morgan fingerprint density at radius 2 is 2.12 bits per heavy atom. The Kier molecular flexibility index (Phi) is 1.71. The molecule has 2 aromatic rings. The Labute approximate surface area is 90.5 Å². The van der Waals surface area contributed by atoms with Gasteiger partial charge in [-0.3, -0.25) is 0 Å². The van der Waals surface area contributed by atoms with Gasteiger partial charge >= 0.3 is 5.69 Å². The topological polar surface area (TPSA) is 55.0 Å². The molecule has 0 bridgehead atoms. The Morgan fingerprint density at radius 1 is 1.31 bits per heavy atom. The second kappa shape index (κ2) is 3.06. The van der Waals surface area contributed by atoms with Crippen LogP contribution >= 0.6 is 0 Å². The van der Waals surface area contributed by atoms with Crippen LogP contribution in [-0.4, -0.2) is 9.97 Å². The standard InChI is InChI=1S/C12H8N2O2/c1-7-9-6-8-4-2-3-5-10(8)16-11(9)14-12(15)13-7/h2-6H,1H2,(H,13,15). The molecule has 0 aliphatic carbocycles. The van der Waals surface area contributed by atoms with Gasteiger partial charge in [-0.05, 0) is 12.1 Å². The van der Waals surface area contributed by atoms with Gasteiger partial charge in [0.15, 0.2) is 0 Å². The first-order chi connectivity index (χ1) is 7.74. The highest BCUT2D eigenvalue weighted by atomic mass is 16.5. The first kappa shape index (κ1) is 8.91. The Bertz CT molecular complexity index is 731. The smallest absolute Gasteiger partial charge is 0.348 e. The van der Waals surface area contributed by atoms with Crippen LogP contribution in [0, 0.1) is 0 Å². The van der Waals surface area contributed by atoms with Crippen molar-refractivity contribution >= 4 is 12.7 Å². The Hall–Kier alpha value is -2.36. The van der Waals surface area contributed by atoms with Crippen molar-refractivity contribution in [2.75, 3.05) is 0 Å². The predicted molar refractivity (Wildman–Crippen MR) is 59.7 cm³/mol. The molecular formula is C12H8N2O2. The van der Waals surface area contributed by atoms with Crippen LogP contribution in [0.4, 0.5) is 0 Å². The lowest BCUT2D eigenvalue weighted by Crippen LogP contribution is -2.37. The molecule has 0 spiro atoms. The van der Waals surface area contributed by atoms with Crippen LogP contribution in [0.5, 0.6) is 11.6 Å². The lowest BCUT2D eigenvalue weighted by Gasteiger charge is -2.12. The van der Waals surface area contributed by atoms with Gasteiger partial charge in [0, 0.05) is 10.9 Å². The summed E-state index contributed by atoms with van der Waals surface area (Å²) in [5, 5.41) is 1.24. The summed E-state index contributed by atoms with van der Waals surface area (Å²) < 4.78 is 5.54. The lowest BCUT2D eigenvalue weighted by atomic mass is 10.1. The van der Waals surface area contributed by atoms with Crippen LogP contribution in [-0.2, 0) is 0 Å². The Balaban J connectivity index is 2.42. The van der Waals surface area contributed by atoms with E-state index in [-0.39, 0.29) is 0 Å². The third kappa shape index (κ3) is 1.24. The molecule has 0 radical (unpaired) electrons. The molecule has 0 amide bonds. The average molecular weight is 212 g/mol. The summed E-state index contributed by atoms with van der Waals surface area (Å²) in [4.78, 5) is 17.5. The quantitative estimate of drug-likeness (QED) is 0.575. The van der Waals surface area contributed by atoms with Crippen LogP contribution in [0.2, 0.25) is 0 Å².